The summed E-state index contributed by atoms with van der Waals surface area (Å²) in [5, 5.41) is 0. The topological polar surface area (TPSA) is 0 Å². The van der Waals surface area contributed by atoms with Crippen molar-refractivity contribution in [2.75, 3.05) is 0 Å². The maximum atomic E-state index is 2.30. The first-order valence-corrected chi connectivity index (χ1v) is 15.9. The van der Waals surface area contributed by atoms with E-state index in [-0.39, 0.29) is 21.6 Å². The van der Waals surface area contributed by atoms with Gasteiger partial charge in [-0.3, -0.25) is 0 Å². The normalized spacial score (nSPS) is 11.6. The van der Waals surface area contributed by atoms with Gasteiger partial charge in [0.1, 0.15) is 0 Å². The van der Waals surface area contributed by atoms with E-state index in [0.29, 0.717) is 0 Å². The quantitative estimate of drug-likeness (QED) is 0.157. The van der Waals surface area contributed by atoms with Gasteiger partial charge in [0.05, 0.1) is 0 Å². The van der Waals surface area contributed by atoms with Gasteiger partial charge in [0.25, 0.3) is 0 Å². The Hall–Kier alpha value is 0.0382. The van der Waals surface area contributed by atoms with Crippen LogP contribution in [0.4, 0.5) is 0 Å². The van der Waals surface area contributed by atoms with Crippen LogP contribution < -0.4 is 0 Å². The van der Waals surface area contributed by atoms with Crippen LogP contribution in [0, 0.1) is 0 Å². The number of rotatable bonds is 18. The first-order valence-electron chi connectivity index (χ1n) is 11.3. The molecular formula is C24H44Sb. The van der Waals surface area contributed by atoms with Crippen molar-refractivity contribution in [3.8, 4) is 0 Å². The third-order valence-corrected chi connectivity index (χ3v) is 9.56. The van der Waals surface area contributed by atoms with Gasteiger partial charge < -0.3 is 0 Å². The van der Waals surface area contributed by atoms with Crippen molar-refractivity contribution < 1.29 is 0 Å². The molecule has 0 N–H and O–H groups in total. The number of aryl methyl sites for hydroxylation is 1. The molecule has 0 fully saturated rings. The summed E-state index contributed by atoms with van der Waals surface area (Å²) >= 11 is -0.237. The Morgan fingerprint density at radius 2 is 1.04 bits per heavy atom. The number of unbranched alkanes of at least 4 members (excludes halogenated alkanes) is 13. The molecule has 0 aliphatic rings. The van der Waals surface area contributed by atoms with Crippen LogP contribution >= 0.6 is 0 Å². The second-order valence-electron chi connectivity index (χ2n) is 7.70. The zero-order valence-corrected chi connectivity index (χ0v) is 20.3. The molecule has 0 saturated carbocycles. The summed E-state index contributed by atoms with van der Waals surface area (Å²) in [7, 11) is 0. The molecule has 0 bridgehead atoms. The summed E-state index contributed by atoms with van der Waals surface area (Å²) in [6, 6.07) is 11.1. The predicted octanol–water partition coefficient (Wildman–Crippen LogP) is 7.72. The Balaban J connectivity index is 1.69. The number of benzene rings is 1. The van der Waals surface area contributed by atoms with Crippen LogP contribution in [0.25, 0.3) is 0 Å². The molecule has 0 aliphatic heterocycles. The van der Waals surface area contributed by atoms with Crippen LogP contribution in [-0.4, -0.2) is 21.6 Å². The van der Waals surface area contributed by atoms with Gasteiger partial charge in [-0.2, -0.15) is 0 Å². The average Bonchev–Trinajstić information content (AvgIpc) is 2.65. The van der Waals surface area contributed by atoms with Gasteiger partial charge in [0, 0.05) is 0 Å². The molecular weight excluding hydrogens is 410 g/mol. The van der Waals surface area contributed by atoms with E-state index in [0.717, 1.165) is 0 Å². The van der Waals surface area contributed by atoms with Crippen molar-refractivity contribution in [2.45, 2.75) is 112 Å². The summed E-state index contributed by atoms with van der Waals surface area (Å²) in [5.41, 5.74) is 1.55. The van der Waals surface area contributed by atoms with E-state index in [1.165, 1.54) is 96.3 Å². The molecule has 0 saturated heterocycles. The summed E-state index contributed by atoms with van der Waals surface area (Å²) in [6.07, 6.45) is 22.1. The molecule has 1 aromatic rings. The number of hydrogen-bond donors (Lipinski definition) is 0. The van der Waals surface area contributed by atoms with Gasteiger partial charge in [0.2, 0.25) is 0 Å². The SMILES string of the molecule is CCCCCCCCCCCCCCC[CH2][SbH2][CH2]Cc1ccccc1. The molecule has 0 aliphatic carbocycles. The minimum atomic E-state index is -0.237. The van der Waals surface area contributed by atoms with Crippen molar-refractivity contribution in [2.24, 2.45) is 0 Å². The molecule has 1 rings (SSSR count). The van der Waals surface area contributed by atoms with Gasteiger partial charge >= 0.3 is 143 Å². The molecule has 25 heavy (non-hydrogen) atoms. The first-order chi connectivity index (χ1) is 12.4. The van der Waals surface area contributed by atoms with Gasteiger partial charge in [-0.05, 0) is 0 Å². The molecule has 145 valence electrons. The summed E-state index contributed by atoms with van der Waals surface area (Å²) < 4.78 is 3.18. The number of hydrogen-bond acceptors (Lipinski definition) is 0. The summed E-state index contributed by atoms with van der Waals surface area (Å²) in [5.74, 6) is 0. The van der Waals surface area contributed by atoms with Crippen LogP contribution in [0.1, 0.15) is 102 Å². The Morgan fingerprint density at radius 1 is 0.560 bits per heavy atom. The van der Waals surface area contributed by atoms with Gasteiger partial charge in [0.15, 0.2) is 0 Å². The molecule has 0 nitrogen and oxygen atoms in total. The first kappa shape index (κ1) is 23.1. The van der Waals surface area contributed by atoms with Gasteiger partial charge in [-0.1, -0.05) is 26.2 Å². The Bertz CT molecular complexity index is 360. The summed E-state index contributed by atoms with van der Waals surface area (Å²) in [6.45, 7) is 2.30. The van der Waals surface area contributed by atoms with Crippen molar-refractivity contribution in [3.05, 3.63) is 35.9 Å². The van der Waals surface area contributed by atoms with Crippen LogP contribution in [0.3, 0.4) is 0 Å². The third kappa shape index (κ3) is 16.0. The van der Waals surface area contributed by atoms with E-state index in [1.807, 2.05) is 0 Å². The van der Waals surface area contributed by atoms with E-state index in [2.05, 4.69) is 37.3 Å². The van der Waals surface area contributed by atoms with Crippen molar-refractivity contribution in [1.82, 2.24) is 0 Å². The molecule has 0 atom stereocenters. The van der Waals surface area contributed by atoms with Gasteiger partial charge in [-0.25, -0.2) is 0 Å². The van der Waals surface area contributed by atoms with Crippen LogP contribution in [-0.2, 0) is 6.42 Å². The zero-order valence-electron chi connectivity index (χ0n) is 17.0. The van der Waals surface area contributed by atoms with E-state index in [9.17, 15) is 0 Å². The third-order valence-electron chi connectivity index (χ3n) is 5.24. The van der Waals surface area contributed by atoms with E-state index in [1.54, 1.807) is 14.3 Å². The standard InChI is InChI=1S/C16H33.C8H9.Sb.2H/c1-3-5-7-9-11-13-15-16-14-12-10-8-6-4-2;1-2-8-6-4-3-5-7-8;;;/h1,3-16H2,2H3;3-7H,1-2H2;;;. The minimum absolute atomic E-state index is 0.237. The molecule has 0 aromatic heterocycles. The Labute approximate surface area is 169 Å². The van der Waals surface area contributed by atoms with Gasteiger partial charge in [-0.15, -0.1) is 0 Å². The molecule has 0 unspecified atom stereocenters. The fourth-order valence-electron chi connectivity index (χ4n) is 3.54. The molecule has 1 aromatic carbocycles. The summed E-state index contributed by atoms with van der Waals surface area (Å²) in [4.78, 5) is 0. The second kappa shape index (κ2) is 18.8. The zero-order chi connectivity index (χ0) is 17.8. The van der Waals surface area contributed by atoms with Crippen molar-refractivity contribution in [1.29, 1.82) is 0 Å². The molecule has 1 heteroatoms. The molecule has 1 radical (unpaired) electrons. The van der Waals surface area contributed by atoms with E-state index >= 15 is 0 Å². The molecule has 0 amide bonds. The average molecular weight is 454 g/mol. The van der Waals surface area contributed by atoms with Crippen LogP contribution in [0.5, 0.6) is 0 Å². The predicted molar refractivity (Wildman–Crippen MR) is 119 cm³/mol. The van der Waals surface area contributed by atoms with Crippen LogP contribution in [0.15, 0.2) is 30.3 Å². The maximum absolute atomic E-state index is 2.30. The Morgan fingerprint density at radius 3 is 1.56 bits per heavy atom. The monoisotopic (exact) mass is 453 g/mol. The Kier molecular flexibility index (Phi) is 17.4. The van der Waals surface area contributed by atoms with Crippen molar-refractivity contribution in [3.63, 3.8) is 0 Å². The molecule has 0 spiro atoms. The van der Waals surface area contributed by atoms with E-state index in [4.69, 9.17) is 0 Å². The van der Waals surface area contributed by atoms with E-state index < -0.39 is 0 Å². The molecule has 0 heterocycles. The second-order valence-corrected chi connectivity index (χ2v) is 12.6. The van der Waals surface area contributed by atoms with Crippen LogP contribution in [0.2, 0.25) is 8.73 Å². The van der Waals surface area contributed by atoms with Crippen molar-refractivity contribution >= 4 is 21.6 Å². The fraction of sp³-hybridized carbons (Fsp3) is 0.750. The fourth-order valence-corrected chi connectivity index (χ4v) is 7.55.